The van der Waals surface area contributed by atoms with Gasteiger partial charge in [0.2, 0.25) is 0 Å². The fraction of sp³-hybridized carbons (Fsp3) is 1.00. The van der Waals surface area contributed by atoms with Crippen LogP contribution in [0.3, 0.4) is 0 Å². The number of ether oxygens (including phenoxy) is 1. The highest BCUT2D eigenvalue weighted by molar-refractivity contribution is 4.93. The maximum absolute atomic E-state index is 5.09. The van der Waals surface area contributed by atoms with Gasteiger partial charge in [0.1, 0.15) is 0 Å². The fourth-order valence-corrected chi connectivity index (χ4v) is 2.82. The fourth-order valence-electron chi connectivity index (χ4n) is 2.82. The van der Waals surface area contributed by atoms with E-state index < -0.39 is 0 Å². The molecule has 3 heteroatoms. The zero-order valence-electron chi connectivity index (χ0n) is 9.41. The summed E-state index contributed by atoms with van der Waals surface area (Å²) in [6.45, 7) is 4.67. The van der Waals surface area contributed by atoms with Gasteiger partial charge in [0.15, 0.2) is 0 Å². The first kappa shape index (κ1) is 10.4. The molecule has 2 saturated heterocycles. The van der Waals surface area contributed by atoms with Crippen molar-refractivity contribution in [2.75, 3.05) is 40.4 Å². The Hall–Kier alpha value is -0.120. The number of likely N-dealkylation sites (tertiary alicyclic amines) is 1. The van der Waals surface area contributed by atoms with Crippen molar-refractivity contribution in [3.05, 3.63) is 0 Å². The molecule has 0 aromatic carbocycles. The second-order valence-corrected chi connectivity index (χ2v) is 4.66. The summed E-state index contributed by atoms with van der Waals surface area (Å²) in [7, 11) is 4.07. The van der Waals surface area contributed by atoms with Crippen LogP contribution in [-0.4, -0.2) is 62.3 Å². The van der Waals surface area contributed by atoms with E-state index in [2.05, 4.69) is 16.8 Å². The van der Waals surface area contributed by atoms with Crippen LogP contribution in [0.1, 0.15) is 19.3 Å². The molecule has 0 spiro atoms. The monoisotopic (exact) mass is 198 g/mol. The van der Waals surface area contributed by atoms with Gasteiger partial charge >= 0.3 is 0 Å². The van der Waals surface area contributed by atoms with Crippen LogP contribution in [0.4, 0.5) is 0 Å². The predicted molar refractivity (Wildman–Crippen MR) is 57.5 cm³/mol. The van der Waals surface area contributed by atoms with Crippen molar-refractivity contribution in [3.63, 3.8) is 0 Å². The van der Waals surface area contributed by atoms with Crippen LogP contribution in [-0.2, 0) is 4.74 Å². The van der Waals surface area contributed by atoms with E-state index >= 15 is 0 Å². The Kier molecular flexibility index (Phi) is 3.42. The molecule has 14 heavy (non-hydrogen) atoms. The van der Waals surface area contributed by atoms with Crippen molar-refractivity contribution in [3.8, 4) is 0 Å². The highest BCUT2D eigenvalue weighted by Gasteiger charge is 2.36. The molecule has 2 bridgehead atoms. The zero-order valence-corrected chi connectivity index (χ0v) is 9.41. The van der Waals surface area contributed by atoms with Gasteiger partial charge in [0.05, 0.1) is 0 Å². The molecule has 2 aliphatic rings. The molecule has 2 heterocycles. The smallest absolute Gasteiger partial charge is 0.0474 e. The van der Waals surface area contributed by atoms with Crippen molar-refractivity contribution in [1.82, 2.24) is 9.80 Å². The van der Waals surface area contributed by atoms with Crippen LogP contribution in [0.25, 0.3) is 0 Å². The van der Waals surface area contributed by atoms with Gasteiger partial charge in [-0.25, -0.2) is 0 Å². The zero-order chi connectivity index (χ0) is 9.97. The number of fused-ring (bicyclic) bond motifs is 2. The van der Waals surface area contributed by atoms with Gasteiger partial charge in [-0.3, -0.25) is 4.90 Å². The van der Waals surface area contributed by atoms with E-state index in [0.717, 1.165) is 18.7 Å². The topological polar surface area (TPSA) is 15.7 Å². The molecule has 2 atom stereocenters. The van der Waals surface area contributed by atoms with E-state index in [1.807, 2.05) is 0 Å². The van der Waals surface area contributed by atoms with Gasteiger partial charge in [0.25, 0.3) is 0 Å². The minimum atomic E-state index is 0.830. The summed E-state index contributed by atoms with van der Waals surface area (Å²) in [6.07, 6.45) is 3.99. The number of rotatable bonds is 4. The molecule has 0 N–H and O–H groups in total. The Morgan fingerprint density at radius 1 is 1.21 bits per heavy atom. The molecule has 0 amide bonds. The van der Waals surface area contributed by atoms with Crippen molar-refractivity contribution >= 4 is 0 Å². The lowest BCUT2D eigenvalue weighted by Gasteiger charge is -2.38. The Morgan fingerprint density at radius 3 is 2.43 bits per heavy atom. The van der Waals surface area contributed by atoms with Gasteiger partial charge in [0, 0.05) is 45.4 Å². The highest BCUT2D eigenvalue weighted by atomic mass is 16.5. The van der Waals surface area contributed by atoms with Crippen molar-refractivity contribution < 1.29 is 4.74 Å². The lowest BCUT2D eigenvalue weighted by Crippen LogP contribution is -2.52. The minimum Gasteiger partial charge on any atom is -0.385 e. The first-order valence-electron chi connectivity index (χ1n) is 5.74. The van der Waals surface area contributed by atoms with Gasteiger partial charge < -0.3 is 9.64 Å². The van der Waals surface area contributed by atoms with Gasteiger partial charge in [-0.05, 0) is 26.3 Å². The third kappa shape index (κ3) is 2.10. The normalized spacial score (nSPS) is 33.9. The average Bonchev–Trinajstić information content (AvgIpc) is 2.41. The van der Waals surface area contributed by atoms with E-state index in [0.29, 0.717) is 0 Å². The van der Waals surface area contributed by atoms with Crippen LogP contribution in [0.5, 0.6) is 0 Å². The molecule has 2 fully saturated rings. The number of hydrogen-bond donors (Lipinski definition) is 0. The molecule has 82 valence electrons. The summed E-state index contributed by atoms with van der Waals surface area (Å²) < 4.78 is 5.09. The second kappa shape index (κ2) is 4.60. The summed E-state index contributed by atoms with van der Waals surface area (Å²) in [4.78, 5) is 5.19. The summed E-state index contributed by atoms with van der Waals surface area (Å²) in [5.41, 5.74) is 0. The summed E-state index contributed by atoms with van der Waals surface area (Å²) in [5, 5.41) is 0. The predicted octanol–water partition coefficient (Wildman–Crippen LogP) is 0.801. The number of hydrogen-bond acceptors (Lipinski definition) is 3. The molecular weight excluding hydrogens is 176 g/mol. The molecular formula is C11H22N2O. The minimum absolute atomic E-state index is 0.830. The molecule has 2 rings (SSSR count). The quantitative estimate of drug-likeness (QED) is 0.622. The van der Waals surface area contributed by atoms with Crippen molar-refractivity contribution in [1.29, 1.82) is 0 Å². The second-order valence-electron chi connectivity index (χ2n) is 4.66. The third-order valence-corrected chi connectivity index (χ3v) is 3.75. The Balaban J connectivity index is 1.76. The molecule has 3 nitrogen and oxygen atoms in total. The number of nitrogens with zero attached hydrogens (tertiary/aromatic N) is 2. The average molecular weight is 198 g/mol. The Bertz CT molecular complexity index is 172. The van der Waals surface area contributed by atoms with E-state index in [-0.39, 0.29) is 0 Å². The maximum Gasteiger partial charge on any atom is 0.0474 e. The summed E-state index contributed by atoms with van der Waals surface area (Å²) in [5.74, 6) is 0. The molecule has 0 saturated carbocycles. The summed E-state index contributed by atoms with van der Waals surface area (Å²) in [6, 6.07) is 1.66. The standard InChI is InChI=1S/C11H22N2O/c1-12-10-4-5-11(12)9-13(8-10)6-3-7-14-2/h10-11H,3-9H2,1-2H3. The van der Waals surface area contributed by atoms with Crippen molar-refractivity contribution in [2.45, 2.75) is 31.3 Å². The molecule has 0 aromatic heterocycles. The van der Waals surface area contributed by atoms with E-state index in [9.17, 15) is 0 Å². The van der Waals surface area contributed by atoms with Crippen LogP contribution in [0.2, 0.25) is 0 Å². The number of piperazine rings is 1. The molecule has 2 unspecified atom stereocenters. The number of methoxy groups -OCH3 is 1. The Morgan fingerprint density at radius 2 is 1.86 bits per heavy atom. The molecule has 0 radical (unpaired) electrons. The number of likely N-dealkylation sites (N-methyl/N-ethyl adjacent to an activating group) is 1. The lowest BCUT2D eigenvalue weighted by molar-refractivity contribution is 0.0801. The van der Waals surface area contributed by atoms with E-state index in [1.165, 1.54) is 38.9 Å². The Labute approximate surface area is 87.0 Å². The molecule has 2 aliphatic heterocycles. The largest absolute Gasteiger partial charge is 0.385 e. The van der Waals surface area contributed by atoms with Crippen LogP contribution in [0, 0.1) is 0 Å². The first-order valence-corrected chi connectivity index (χ1v) is 5.74. The van der Waals surface area contributed by atoms with Gasteiger partial charge in [-0.1, -0.05) is 0 Å². The van der Waals surface area contributed by atoms with E-state index in [1.54, 1.807) is 7.11 Å². The maximum atomic E-state index is 5.09. The van der Waals surface area contributed by atoms with Gasteiger partial charge in [-0.15, -0.1) is 0 Å². The molecule has 0 aromatic rings. The van der Waals surface area contributed by atoms with Crippen LogP contribution >= 0.6 is 0 Å². The summed E-state index contributed by atoms with van der Waals surface area (Å²) >= 11 is 0. The first-order chi connectivity index (χ1) is 6.81. The molecule has 0 aliphatic carbocycles. The lowest BCUT2D eigenvalue weighted by atomic mass is 10.2. The van der Waals surface area contributed by atoms with Crippen molar-refractivity contribution in [2.24, 2.45) is 0 Å². The van der Waals surface area contributed by atoms with Gasteiger partial charge in [-0.2, -0.15) is 0 Å². The van der Waals surface area contributed by atoms with Crippen LogP contribution in [0.15, 0.2) is 0 Å². The van der Waals surface area contributed by atoms with Crippen LogP contribution < -0.4 is 0 Å². The van der Waals surface area contributed by atoms with E-state index in [4.69, 9.17) is 4.74 Å². The third-order valence-electron chi connectivity index (χ3n) is 3.75. The highest BCUT2D eigenvalue weighted by Crippen LogP contribution is 2.28. The SMILES string of the molecule is COCCCN1CC2CCC(C1)N2C.